The molecule has 108 valence electrons. The van der Waals surface area contributed by atoms with Gasteiger partial charge in [-0.05, 0) is 6.92 Å². The van der Waals surface area contributed by atoms with E-state index in [2.05, 4.69) is 0 Å². The predicted molar refractivity (Wildman–Crippen MR) is 65.8 cm³/mol. The van der Waals surface area contributed by atoms with Crippen LogP contribution in [0.1, 0.15) is 13.3 Å². The van der Waals surface area contributed by atoms with Crippen LogP contribution in [0.5, 0.6) is 0 Å². The first-order valence-electron chi connectivity index (χ1n) is 5.93. The summed E-state index contributed by atoms with van der Waals surface area (Å²) in [6.45, 7) is 0.682. The summed E-state index contributed by atoms with van der Waals surface area (Å²) in [4.78, 5) is 12.4. The molecule has 0 aliphatic carbocycles. The lowest BCUT2D eigenvalue weighted by atomic mass is 10.1. The highest BCUT2D eigenvalue weighted by Crippen LogP contribution is 2.17. The summed E-state index contributed by atoms with van der Waals surface area (Å²) in [5.74, 6) is -1.00. The number of aliphatic hydroxyl groups excluding tert-OH is 3. The molecule has 1 rings (SSSR count). The average molecular weight is 273 g/mol. The molecule has 0 fully saturated rings. The highest BCUT2D eigenvalue weighted by atomic mass is 16.5. The second kappa shape index (κ2) is 7.25. The Morgan fingerprint density at radius 1 is 1.47 bits per heavy atom. The van der Waals surface area contributed by atoms with Crippen molar-refractivity contribution < 1.29 is 30.0 Å². The van der Waals surface area contributed by atoms with Crippen LogP contribution in [0.3, 0.4) is 0 Å². The van der Waals surface area contributed by atoms with Gasteiger partial charge in [-0.2, -0.15) is 0 Å². The minimum Gasteiger partial charge on any atom is -0.478 e. The number of carboxylic acid groups (broad SMARTS) is 1. The predicted octanol–water partition coefficient (Wildman–Crippen LogP) is -0.749. The van der Waals surface area contributed by atoms with Crippen molar-refractivity contribution in [1.82, 2.24) is 4.90 Å². The molecular weight excluding hydrogens is 254 g/mol. The number of nitrogens with zero attached hydrogens (tertiary/aromatic N) is 1. The Bertz CT molecular complexity index is 367. The van der Waals surface area contributed by atoms with Crippen LogP contribution < -0.4 is 0 Å². The first kappa shape index (κ1) is 15.6. The van der Waals surface area contributed by atoms with E-state index in [1.807, 2.05) is 0 Å². The Morgan fingerprint density at radius 2 is 2.16 bits per heavy atom. The Labute approximate surface area is 111 Å². The number of carbonyl (C=O) groups is 1. The van der Waals surface area contributed by atoms with Crippen molar-refractivity contribution in [1.29, 1.82) is 0 Å². The number of aliphatic carboxylic acids is 1. The molecule has 0 bridgehead atoms. The minimum absolute atomic E-state index is 0.223. The molecule has 0 amide bonds. The first-order chi connectivity index (χ1) is 8.99. The van der Waals surface area contributed by atoms with E-state index in [1.165, 1.54) is 11.1 Å². The Morgan fingerprint density at radius 3 is 2.68 bits per heavy atom. The van der Waals surface area contributed by atoms with Crippen LogP contribution in [0.4, 0.5) is 0 Å². The van der Waals surface area contributed by atoms with Crippen LogP contribution in [-0.2, 0) is 9.53 Å². The largest absolute Gasteiger partial charge is 0.478 e. The zero-order valence-corrected chi connectivity index (χ0v) is 10.6. The number of allylic oxidation sites excluding steroid dienone is 1. The van der Waals surface area contributed by atoms with E-state index >= 15 is 0 Å². The Kier molecular flexibility index (Phi) is 5.97. The molecule has 0 aromatic heterocycles. The van der Waals surface area contributed by atoms with Gasteiger partial charge in [-0.15, -0.1) is 0 Å². The minimum atomic E-state index is -1.19. The maximum Gasteiger partial charge on any atom is 0.333 e. The lowest BCUT2D eigenvalue weighted by molar-refractivity contribution is -0.135. The summed E-state index contributed by atoms with van der Waals surface area (Å²) in [7, 11) is 0. The van der Waals surface area contributed by atoms with Crippen LogP contribution in [0.15, 0.2) is 24.0 Å². The van der Waals surface area contributed by atoms with Crippen LogP contribution in [0.2, 0.25) is 0 Å². The second-order valence-corrected chi connectivity index (χ2v) is 4.20. The number of hydrogen-bond acceptors (Lipinski definition) is 6. The van der Waals surface area contributed by atoms with Gasteiger partial charge >= 0.3 is 5.97 Å². The molecule has 7 heteroatoms. The van der Waals surface area contributed by atoms with Gasteiger partial charge in [0.05, 0.1) is 18.8 Å². The summed E-state index contributed by atoms with van der Waals surface area (Å²) in [6, 6.07) is 0. The van der Waals surface area contributed by atoms with E-state index in [0.29, 0.717) is 6.42 Å². The second-order valence-electron chi connectivity index (χ2n) is 4.20. The molecule has 0 radical (unpaired) electrons. The molecule has 0 aromatic rings. The van der Waals surface area contributed by atoms with Gasteiger partial charge in [-0.1, -0.05) is 6.08 Å². The molecule has 0 spiro atoms. The smallest absolute Gasteiger partial charge is 0.333 e. The fraction of sp³-hybridized carbons (Fsp3) is 0.583. The van der Waals surface area contributed by atoms with Crippen LogP contribution in [-0.4, -0.2) is 62.9 Å². The van der Waals surface area contributed by atoms with Crippen molar-refractivity contribution >= 4 is 5.97 Å². The molecule has 4 N–H and O–H groups in total. The van der Waals surface area contributed by atoms with Crippen molar-refractivity contribution in [2.45, 2.75) is 31.8 Å². The molecular formula is C12H19NO6. The summed E-state index contributed by atoms with van der Waals surface area (Å²) >= 11 is 0. The Balaban J connectivity index is 2.66. The van der Waals surface area contributed by atoms with Crippen LogP contribution in [0.25, 0.3) is 0 Å². The zero-order valence-electron chi connectivity index (χ0n) is 10.6. The van der Waals surface area contributed by atoms with Gasteiger partial charge in [-0.25, -0.2) is 4.79 Å². The van der Waals surface area contributed by atoms with E-state index in [-0.39, 0.29) is 5.57 Å². The summed E-state index contributed by atoms with van der Waals surface area (Å²) in [5.41, 5.74) is 0.223. The molecule has 0 saturated heterocycles. The highest BCUT2D eigenvalue weighted by molar-refractivity contribution is 5.87. The molecule has 1 heterocycles. The van der Waals surface area contributed by atoms with Crippen molar-refractivity contribution in [2.75, 3.05) is 13.2 Å². The van der Waals surface area contributed by atoms with Gasteiger partial charge in [0.2, 0.25) is 0 Å². The molecule has 3 atom stereocenters. The molecule has 1 aliphatic rings. The third kappa shape index (κ3) is 4.32. The fourth-order valence-electron chi connectivity index (χ4n) is 1.64. The average Bonchev–Trinajstić information content (AvgIpc) is 2.43. The third-order valence-electron chi connectivity index (χ3n) is 2.78. The summed E-state index contributed by atoms with van der Waals surface area (Å²) < 4.78 is 5.40. The zero-order chi connectivity index (χ0) is 14.4. The van der Waals surface area contributed by atoms with Gasteiger partial charge in [0.15, 0.2) is 0 Å². The quantitative estimate of drug-likeness (QED) is 0.483. The van der Waals surface area contributed by atoms with E-state index < -0.39 is 37.6 Å². The molecule has 0 saturated carbocycles. The number of ether oxygens (including phenoxy) is 1. The lowest BCUT2D eigenvalue weighted by Gasteiger charge is -2.31. The van der Waals surface area contributed by atoms with Crippen LogP contribution >= 0.6 is 0 Å². The lowest BCUT2D eigenvalue weighted by Crippen LogP contribution is -2.41. The van der Waals surface area contributed by atoms with Gasteiger partial charge < -0.3 is 30.1 Å². The molecule has 19 heavy (non-hydrogen) atoms. The number of aliphatic hydroxyl groups is 3. The fourth-order valence-corrected chi connectivity index (χ4v) is 1.64. The molecule has 0 aromatic carbocycles. The van der Waals surface area contributed by atoms with E-state index in [9.17, 15) is 9.90 Å². The topological polar surface area (TPSA) is 110 Å². The van der Waals surface area contributed by atoms with Gasteiger partial charge in [0.1, 0.15) is 18.4 Å². The Hall–Kier alpha value is -1.41. The molecule has 1 aliphatic heterocycles. The molecule has 3 unspecified atom stereocenters. The van der Waals surface area contributed by atoms with Gasteiger partial charge in [0.25, 0.3) is 0 Å². The first-order valence-corrected chi connectivity index (χ1v) is 5.93. The van der Waals surface area contributed by atoms with Gasteiger partial charge in [0, 0.05) is 18.8 Å². The monoisotopic (exact) mass is 273 g/mol. The summed E-state index contributed by atoms with van der Waals surface area (Å²) in [5, 5.41) is 36.2. The standard InChI is InChI=1S/C12H19NO6/c1-8(19-11(7-15)10(16)6-14)13-4-2-3-9(5-13)12(17)18/h2,4-5,8,10-11,14-16H,3,6-7H2,1H3,(H,17,18). The van der Waals surface area contributed by atoms with Crippen molar-refractivity contribution in [3.8, 4) is 0 Å². The van der Waals surface area contributed by atoms with Crippen molar-refractivity contribution in [2.24, 2.45) is 0 Å². The number of hydrogen-bond donors (Lipinski definition) is 4. The van der Waals surface area contributed by atoms with E-state index in [0.717, 1.165) is 0 Å². The van der Waals surface area contributed by atoms with Crippen molar-refractivity contribution in [3.05, 3.63) is 24.0 Å². The SMILES string of the molecule is CC(OC(CO)C(O)CO)N1C=CCC(C(=O)O)=C1. The highest BCUT2D eigenvalue weighted by Gasteiger charge is 2.24. The van der Waals surface area contributed by atoms with Crippen LogP contribution in [0, 0.1) is 0 Å². The normalized spacial score (nSPS) is 19.8. The van der Waals surface area contributed by atoms with E-state index in [4.69, 9.17) is 20.1 Å². The van der Waals surface area contributed by atoms with E-state index in [1.54, 1.807) is 19.2 Å². The maximum atomic E-state index is 10.9. The maximum absolute atomic E-state index is 10.9. The van der Waals surface area contributed by atoms with Crippen molar-refractivity contribution in [3.63, 3.8) is 0 Å². The number of rotatable bonds is 7. The summed E-state index contributed by atoms with van der Waals surface area (Å²) in [6.07, 6.45) is 2.41. The third-order valence-corrected chi connectivity index (χ3v) is 2.78. The molecule has 7 nitrogen and oxygen atoms in total. The van der Waals surface area contributed by atoms with Gasteiger partial charge in [-0.3, -0.25) is 0 Å². The number of carboxylic acids is 1.